The molecule has 1 atom stereocenters. The van der Waals surface area contributed by atoms with Gasteiger partial charge in [0.05, 0.1) is 24.1 Å². The molecule has 6 heteroatoms. The molecule has 0 aliphatic carbocycles. The molecule has 1 fully saturated rings. The Balaban J connectivity index is 1.80. The van der Waals surface area contributed by atoms with Crippen molar-refractivity contribution in [1.29, 1.82) is 0 Å². The van der Waals surface area contributed by atoms with E-state index in [2.05, 4.69) is 67.6 Å². The predicted molar refractivity (Wildman–Crippen MR) is 121 cm³/mol. The van der Waals surface area contributed by atoms with Crippen LogP contribution in [-0.4, -0.2) is 45.6 Å². The number of para-hydroxylation sites is 1. The maximum atomic E-state index is 4.60. The Morgan fingerprint density at radius 2 is 1.92 bits per heavy atom. The van der Waals surface area contributed by atoms with Crippen molar-refractivity contribution in [2.24, 2.45) is 0 Å². The molecule has 1 unspecified atom stereocenters. The van der Waals surface area contributed by atoms with E-state index in [1.54, 1.807) is 6.20 Å². The summed E-state index contributed by atoms with van der Waals surface area (Å²) in [5.74, 6) is 11.1. The second-order valence-electron chi connectivity index (χ2n) is 6.05. The molecule has 138 valence electrons. The van der Waals surface area contributed by atoms with Crippen LogP contribution in [0.3, 0.4) is 0 Å². The van der Waals surface area contributed by atoms with Crippen molar-refractivity contribution < 1.29 is 0 Å². The monoisotopic (exact) mass is 386 g/mol. The Morgan fingerprint density at radius 3 is 2.54 bits per heavy atom. The Labute approximate surface area is 161 Å². The molecule has 4 nitrogen and oxygen atoms in total. The molecule has 1 aromatic carbocycles. The van der Waals surface area contributed by atoms with Crippen LogP contribution in [0.2, 0.25) is 0 Å². The van der Waals surface area contributed by atoms with Gasteiger partial charge in [-0.15, -0.1) is 0 Å². The lowest BCUT2D eigenvalue weighted by molar-refractivity contribution is 0.518. The predicted octanol–water partition coefficient (Wildman–Crippen LogP) is 4.19. The van der Waals surface area contributed by atoms with E-state index in [4.69, 9.17) is 0 Å². The van der Waals surface area contributed by atoms with E-state index in [0.717, 1.165) is 31.0 Å². The minimum absolute atomic E-state index is 0.248. The smallest absolute Gasteiger partial charge is 0.0724 e. The van der Waals surface area contributed by atoms with Crippen LogP contribution >= 0.6 is 21.3 Å². The second-order valence-corrected chi connectivity index (χ2v) is 9.73. The van der Waals surface area contributed by atoms with Crippen LogP contribution in [0.5, 0.6) is 0 Å². The summed E-state index contributed by atoms with van der Waals surface area (Å²) in [7, 11) is 0.0634. The summed E-state index contributed by atoms with van der Waals surface area (Å²) in [4.78, 5) is 4.60. The molecule has 1 saturated heterocycles. The maximum Gasteiger partial charge on any atom is 0.0724 e. The molecular formula is C20H26N4S2. The van der Waals surface area contributed by atoms with Gasteiger partial charge in [-0.2, -0.15) is 10.5 Å². The number of aromatic nitrogens is 1. The highest BCUT2D eigenvalue weighted by atomic mass is 32.2. The first kappa shape index (κ1) is 18.9. The first-order valence-corrected chi connectivity index (χ1v) is 11.6. The zero-order chi connectivity index (χ0) is 18.4. The molecule has 1 N–H and O–H groups in total. The summed E-state index contributed by atoms with van der Waals surface area (Å²) in [5.41, 5.74) is 3.15. The van der Waals surface area contributed by atoms with Gasteiger partial charge < -0.3 is 9.62 Å². The van der Waals surface area contributed by atoms with Crippen molar-refractivity contribution in [3.05, 3.63) is 67.1 Å². The first-order valence-electron chi connectivity index (χ1n) is 8.58. The van der Waals surface area contributed by atoms with Gasteiger partial charge in [0.25, 0.3) is 0 Å². The van der Waals surface area contributed by atoms with Gasteiger partial charge in [0.2, 0.25) is 0 Å². The van der Waals surface area contributed by atoms with Crippen LogP contribution in [0.15, 0.2) is 61.4 Å². The van der Waals surface area contributed by atoms with E-state index in [-0.39, 0.29) is 10.9 Å². The number of hydrogen-bond donors (Lipinski definition) is 1. The molecule has 0 spiro atoms. The average Bonchev–Trinajstić information content (AvgIpc) is 2.68. The fourth-order valence-corrected chi connectivity index (χ4v) is 5.70. The van der Waals surface area contributed by atoms with Gasteiger partial charge >= 0.3 is 0 Å². The molecule has 1 aromatic heterocycles. The number of hydrogen-bond acceptors (Lipinski definition) is 4. The van der Waals surface area contributed by atoms with Crippen LogP contribution in [0.4, 0.5) is 11.4 Å². The molecule has 26 heavy (non-hydrogen) atoms. The van der Waals surface area contributed by atoms with Crippen LogP contribution < -0.4 is 9.62 Å². The average molecular weight is 387 g/mol. The van der Waals surface area contributed by atoms with Crippen molar-refractivity contribution in [2.45, 2.75) is 6.54 Å². The highest BCUT2D eigenvalue weighted by Gasteiger charge is 2.20. The fourth-order valence-electron chi connectivity index (χ4n) is 2.78. The number of pyridine rings is 1. The number of benzene rings is 1. The Hall–Kier alpha value is -1.89. The molecule has 0 bridgehead atoms. The summed E-state index contributed by atoms with van der Waals surface area (Å²) in [5, 5.41) is 3.06. The molecule has 0 saturated carbocycles. The number of nitrogens with zero attached hydrogens (tertiary/aromatic N) is 3. The molecule has 1 aliphatic rings. The topological polar surface area (TPSA) is 31.4 Å². The molecule has 2 heterocycles. The lowest BCUT2D eigenvalue weighted by Crippen LogP contribution is -2.34. The van der Waals surface area contributed by atoms with E-state index >= 15 is 0 Å². The van der Waals surface area contributed by atoms with Gasteiger partial charge in [0.15, 0.2) is 0 Å². The molecule has 3 rings (SSSR count). The van der Waals surface area contributed by atoms with E-state index < -0.39 is 0 Å². The molecule has 0 amide bonds. The highest BCUT2D eigenvalue weighted by Crippen LogP contribution is 2.34. The minimum atomic E-state index is -0.248. The lowest BCUT2D eigenvalue weighted by Gasteiger charge is -2.37. The van der Waals surface area contributed by atoms with Crippen molar-refractivity contribution in [1.82, 2.24) is 9.29 Å². The maximum absolute atomic E-state index is 4.60. The largest absolute Gasteiger partial charge is 0.361 e. The minimum Gasteiger partial charge on any atom is -0.361 e. The third kappa shape index (κ3) is 4.84. The van der Waals surface area contributed by atoms with Crippen molar-refractivity contribution >= 4 is 44.5 Å². The number of nitrogens with one attached hydrogen (secondary N) is 1. The Morgan fingerprint density at radius 1 is 1.19 bits per heavy atom. The van der Waals surface area contributed by atoms with Crippen LogP contribution in [0, 0.1) is 0 Å². The number of anilines is 2. The third-order valence-corrected chi connectivity index (χ3v) is 7.58. The van der Waals surface area contributed by atoms with Gasteiger partial charge in [-0.1, -0.05) is 30.6 Å². The second kappa shape index (κ2) is 9.16. The first-order chi connectivity index (χ1) is 12.7. The zero-order valence-electron chi connectivity index (χ0n) is 15.0. The summed E-state index contributed by atoms with van der Waals surface area (Å²) in [6, 6.07) is 14.6. The summed E-state index contributed by atoms with van der Waals surface area (Å²) in [6.45, 7) is 6.55. The van der Waals surface area contributed by atoms with Crippen LogP contribution in [0.1, 0.15) is 5.69 Å². The molecular weight excluding hydrogens is 360 g/mol. The van der Waals surface area contributed by atoms with E-state index in [1.165, 1.54) is 17.2 Å². The van der Waals surface area contributed by atoms with E-state index in [0.29, 0.717) is 10.5 Å². The Bertz CT molecular complexity index is 764. The fraction of sp³-hybridized carbons (Fsp3) is 0.250. The normalized spacial score (nSPS) is 16.8. The van der Waals surface area contributed by atoms with Crippen LogP contribution in [0.25, 0.3) is 0 Å². The lowest BCUT2D eigenvalue weighted by atomic mass is 10.3. The van der Waals surface area contributed by atoms with Gasteiger partial charge in [0, 0.05) is 30.3 Å². The van der Waals surface area contributed by atoms with Crippen molar-refractivity contribution in [2.75, 3.05) is 34.2 Å². The quantitative estimate of drug-likeness (QED) is 0.723. The number of rotatable bonds is 7. The van der Waals surface area contributed by atoms with Crippen molar-refractivity contribution in [3.63, 3.8) is 0 Å². The third-order valence-electron chi connectivity index (χ3n) is 4.25. The standard InChI is InChI=1S/C20H26N4S2/c1-4-21-18-10-11-19(22-16-18)17-24(20-8-6-5-7-9-20)26(3)23-12-14-25(2)15-13-23/h4-11,16,21H,1-3,12-15,17H2. The zero-order valence-corrected chi connectivity index (χ0v) is 16.6. The summed E-state index contributed by atoms with van der Waals surface area (Å²) >= 11 is 0. The van der Waals surface area contributed by atoms with Gasteiger partial charge in [-0.3, -0.25) is 4.98 Å². The molecule has 1 aliphatic heterocycles. The van der Waals surface area contributed by atoms with Gasteiger partial charge in [-0.05, 0) is 47.2 Å². The molecule has 0 radical (unpaired) electrons. The van der Waals surface area contributed by atoms with Gasteiger partial charge in [-0.25, -0.2) is 4.31 Å². The SMILES string of the molecule is C=CNc1ccc(CN(c2ccccc2)S(=C)N2CCS(=C)CC2)nc1. The Kier molecular flexibility index (Phi) is 6.66. The highest BCUT2D eigenvalue weighted by molar-refractivity contribution is 8.15. The van der Waals surface area contributed by atoms with Gasteiger partial charge in [0.1, 0.15) is 0 Å². The summed E-state index contributed by atoms with van der Waals surface area (Å²) < 4.78 is 4.84. The molecule has 2 aromatic rings. The van der Waals surface area contributed by atoms with Crippen LogP contribution in [-0.2, 0) is 6.54 Å². The van der Waals surface area contributed by atoms with E-state index in [9.17, 15) is 0 Å². The van der Waals surface area contributed by atoms with E-state index in [1.807, 2.05) is 18.3 Å². The van der Waals surface area contributed by atoms with Crippen molar-refractivity contribution in [3.8, 4) is 0 Å². The summed E-state index contributed by atoms with van der Waals surface area (Å²) in [6.07, 6.45) is 3.50.